The molecule has 15 aromatic rings. The van der Waals surface area contributed by atoms with Crippen molar-refractivity contribution in [3.63, 3.8) is 0 Å². The molecule has 10 aromatic carbocycles. The fourth-order valence-electron chi connectivity index (χ4n) is 16.9. The molecular weight excluding hydrogens is 1990 g/mol. The predicted octanol–water partition coefficient (Wildman–Crippen LogP) is 26.3. The Morgan fingerprint density at radius 3 is 0.829 bits per heavy atom. The monoisotopic (exact) mass is 2100 g/mol. The molecule has 756 valence electrons. The molecule has 0 saturated carbocycles. The number of aryl methyl sites for hydroxylation is 6. The molecule has 0 bridgehead atoms. The van der Waals surface area contributed by atoms with E-state index in [-0.39, 0.29) is 96.4 Å². The summed E-state index contributed by atoms with van der Waals surface area (Å²) in [4.78, 5) is 95.9. The van der Waals surface area contributed by atoms with Crippen LogP contribution >= 0.6 is 79.9 Å². The number of hydrogen-bond donors (Lipinski definition) is 0. The van der Waals surface area contributed by atoms with Gasteiger partial charge in [-0.25, -0.2) is 29.3 Å². The average Bonchev–Trinajstić information content (AvgIpc) is 1.68. The van der Waals surface area contributed by atoms with Crippen LogP contribution in [0.25, 0.3) is 0 Å². The van der Waals surface area contributed by atoms with Gasteiger partial charge in [0.25, 0.3) is 29.5 Å². The third-order valence-electron chi connectivity index (χ3n) is 23.2. The summed E-state index contributed by atoms with van der Waals surface area (Å²) in [7, 11) is 1.61. The molecule has 0 radical (unpaired) electrons. The molecule has 26 nitrogen and oxygen atoms in total. The third-order valence-corrected chi connectivity index (χ3v) is 28.5. The summed E-state index contributed by atoms with van der Waals surface area (Å²) in [5, 5.41) is 13.5. The van der Waals surface area contributed by atoms with Crippen LogP contribution in [-0.4, -0.2) is 123 Å². The summed E-state index contributed by atoms with van der Waals surface area (Å²) in [5.74, 6) is 5.58. The molecule has 0 unspecified atom stereocenters. The highest BCUT2D eigenvalue weighted by Crippen LogP contribution is 2.49. The van der Waals surface area contributed by atoms with Crippen molar-refractivity contribution < 1.29 is 80.5 Å². The number of carbonyl (C=O) groups excluding carboxylic acids is 5. The highest BCUT2D eigenvalue weighted by Gasteiger charge is 2.40. The second kappa shape index (κ2) is 44.9. The Bertz CT molecular complexity index is 6910. The summed E-state index contributed by atoms with van der Waals surface area (Å²) in [5.41, 5.74) is 12.6. The van der Waals surface area contributed by atoms with Crippen LogP contribution in [0, 0.1) is 47.4 Å². The SMILES string of the molecule is COc1ccc(N(C(=O)COc2cccc3c2OC(C)(C)C3)c2nc(C)cs2)cc1.Cc1csc(N(C(=O)COc2cccc3c2OC(C)(C)C3)c2ccc(Cl)cc2)n1.Cc1csc(N(C(=O)COc2cccc3c2OC(C)(C)C3)c2ccc(F)cc2)n1.Cc1csc(N(C(=O)COc2cccc3c2OC(C)(C)C3)c2ccccc2C)n1.Cc1csc(N(C(=O)COc2cccc3c2OC(C)(C)C3)c2ccccc2Cl)n1. The van der Waals surface area contributed by atoms with E-state index < -0.39 is 0 Å². The van der Waals surface area contributed by atoms with Crippen molar-refractivity contribution in [2.45, 2.75) is 171 Å². The fourth-order valence-corrected chi connectivity index (χ4v) is 21.4. The van der Waals surface area contributed by atoms with Crippen LogP contribution in [0.4, 0.5) is 58.5 Å². The largest absolute Gasteiger partial charge is 0.497 e. The van der Waals surface area contributed by atoms with Crippen molar-refractivity contribution in [1.82, 2.24) is 24.9 Å². The number of aromatic nitrogens is 5. The Kier molecular flexibility index (Phi) is 32.3. The average molecular weight is 2100 g/mol. The smallest absolute Gasteiger partial charge is 0.271 e. The van der Waals surface area contributed by atoms with Gasteiger partial charge in [-0.3, -0.25) is 48.5 Å². The van der Waals surface area contributed by atoms with Crippen LogP contribution in [0.3, 0.4) is 0 Å². The predicted molar refractivity (Wildman–Crippen MR) is 575 cm³/mol. The maximum atomic E-state index is 13.4. The van der Waals surface area contributed by atoms with E-state index in [1.165, 1.54) is 78.6 Å². The van der Waals surface area contributed by atoms with E-state index in [4.69, 9.17) is 75.3 Å². The van der Waals surface area contributed by atoms with E-state index in [1.54, 1.807) is 76.4 Å². The van der Waals surface area contributed by atoms with E-state index in [0.29, 0.717) is 104 Å². The lowest BCUT2D eigenvalue weighted by molar-refractivity contribution is -0.120. The molecule has 5 aliphatic rings. The normalized spacial score (nSPS) is 14.2. The third kappa shape index (κ3) is 25.7. The molecular formula is C112H111Cl2FN10O16S5. The highest BCUT2D eigenvalue weighted by atomic mass is 35.5. The van der Waals surface area contributed by atoms with Crippen LogP contribution in [0.1, 0.15) is 131 Å². The van der Waals surface area contributed by atoms with Gasteiger partial charge in [0.2, 0.25) is 0 Å². The maximum absolute atomic E-state index is 13.4. The molecule has 5 aromatic heterocycles. The van der Waals surface area contributed by atoms with Crippen LogP contribution in [0.2, 0.25) is 10.0 Å². The van der Waals surface area contributed by atoms with Crippen molar-refractivity contribution in [2.75, 3.05) is 64.6 Å². The van der Waals surface area contributed by atoms with Crippen molar-refractivity contribution in [3.8, 4) is 63.2 Å². The number of halogens is 3. The molecule has 0 aliphatic carbocycles. The maximum Gasteiger partial charge on any atom is 0.271 e. The van der Waals surface area contributed by atoms with Gasteiger partial charge in [0.05, 0.1) is 69.0 Å². The van der Waals surface area contributed by atoms with Crippen molar-refractivity contribution >= 4 is 164 Å². The molecule has 5 amide bonds. The van der Waals surface area contributed by atoms with E-state index in [9.17, 15) is 28.4 Å². The summed E-state index contributed by atoms with van der Waals surface area (Å²) in [6.45, 7) is 31.1. The van der Waals surface area contributed by atoms with Crippen LogP contribution in [0.15, 0.2) is 239 Å². The summed E-state index contributed by atoms with van der Waals surface area (Å²) in [6, 6.07) is 63.9. The number of thiazole rings is 5. The Morgan fingerprint density at radius 2 is 0.562 bits per heavy atom. The fraction of sp³-hybridized carbons (Fsp3) is 0.286. The Hall–Kier alpha value is -14.0. The van der Waals surface area contributed by atoms with Gasteiger partial charge in [-0.15, -0.1) is 56.7 Å². The minimum atomic E-state index is -0.368. The van der Waals surface area contributed by atoms with Crippen molar-refractivity contribution in [2.24, 2.45) is 0 Å². The molecule has 34 heteroatoms. The number of benzene rings is 10. The van der Waals surface area contributed by atoms with Gasteiger partial charge in [-0.1, -0.05) is 114 Å². The van der Waals surface area contributed by atoms with Gasteiger partial charge in [0, 0.05) is 91.8 Å². The molecule has 0 saturated heterocycles. The number of carbonyl (C=O) groups is 5. The first kappa shape index (κ1) is 105. The Balaban J connectivity index is 0.000000131. The van der Waals surface area contributed by atoms with Gasteiger partial charge < -0.3 is 52.1 Å². The van der Waals surface area contributed by atoms with Gasteiger partial charge in [-0.05, 0) is 238 Å². The van der Waals surface area contributed by atoms with Gasteiger partial charge in [0.15, 0.2) is 116 Å². The Morgan fingerprint density at radius 1 is 0.315 bits per heavy atom. The van der Waals surface area contributed by atoms with E-state index >= 15 is 0 Å². The number of rotatable bonds is 26. The quantitative estimate of drug-likeness (QED) is 0.0487. The molecule has 10 heterocycles. The number of amides is 5. The standard InChI is InChI=1S/C23H24N2O4S.C23H24N2O3S.2C22H21ClN2O3S.C22H21FN2O3S/c1-15-14-30-22(24-15)25(17-8-10-18(27-4)11-9-17)20(26)13-28-19-7-5-6-16-12-23(2,3)29-21(16)19;1-15-8-5-6-10-18(15)25(22-24-16(2)14-29-22)20(26)13-27-19-11-7-9-17-12-23(3,4)28-21(17)19;1-14-13-29-21(24-14)25(17-9-5-4-8-16(17)23)19(26)12-27-18-10-6-7-15-11-22(2,3)28-20(15)18;2*1-14-13-29-21(24-14)25(17-9-7-16(23)8-10-17)19(26)12-27-18-6-4-5-15-11-22(2,3)28-20(15)18/h5-11,14H,12-13H2,1-4H3;5-11,14H,12-13H2,1-4H3;3*4-10,13H,11-12H2,1-3H3. The van der Waals surface area contributed by atoms with Gasteiger partial charge in [-0.2, -0.15) is 0 Å². The molecule has 0 fully saturated rings. The molecule has 146 heavy (non-hydrogen) atoms. The molecule has 20 rings (SSSR count). The first-order valence-electron chi connectivity index (χ1n) is 47.1. The highest BCUT2D eigenvalue weighted by molar-refractivity contribution is 7.15. The summed E-state index contributed by atoms with van der Waals surface area (Å²) >= 11 is 19.4. The van der Waals surface area contributed by atoms with Crippen molar-refractivity contribution in [3.05, 3.63) is 317 Å². The number of fused-ring (bicyclic) bond motifs is 5. The first-order valence-corrected chi connectivity index (χ1v) is 52.2. The van der Waals surface area contributed by atoms with E-state index in [1.807, 2.05) is 283 Å². The van der Waals surface area contributed by atoms with Gasteiger partial charge >= 0.3 is 0 Å². The number of anilines is 10. The lowest BCUT2D eigenvalue weighted by Gasteiger charge is -2.22. The van der Waals surface area contributed by atoms with Gasteiger partial charge in [0.1, 0.15) is 39.6 Å². The summed E-state index contributed by atoms with van der Waals surface area (Å²) in [6.07, 6.45) is 4.03. The molecule has 0 atom stereocenters. The molecule has 5 aliphatic heterocycles. The van der Waals surface area contributed by atoms with Crippen molar-refractivity contribution in [1.29, 1.82) is 0 Å². The molecule has 0 N–H and O–H groups in total. The minimum absolute atomic E-state index is 0.104. The van der Waals surface area contributed by atoms with Crippen LogP contribution < -0.4 is 76.6 Å². The summed E-state index contributed by atoms with van der Waals surface area (Å²) < 4.78 is 78.2. The Labute approximate surface area is 878 Å². The number of ether oxygens (including phenoxy) is 11. The zero-order chi connectivity index (χ0) is 104. The topological polar surface area (TPSA) is 268 Å². The lowest BCUT2D eigenvalue weighted by atomic mass is 10.0. The van der Waals surface area contributed by atoms with Crippen LogP contribution in [-0.2, 0) is 56.1 Å². The zero-order valence-electron chi connectivity index (χ0n) is 83.8. The minimum Gasteiger partial charge on any atom is -0.497 e. The number of para-hydroxylation sites is 7. The van der Waals surface area contributed by atoms with E-state index in [0.717, 1.165) is 117 Å². The zero-order valence-corrected chi connectivity index (χ0v) is 89.4. The number of nitrogens with zero attached hydrogens (tertiary/aromatic N) is 10. The number of hydrogen-bond acceptors (Lipinski definition) is 26. The lowest BCUT2D eigenvalue weighted by Crippen LogP contribution is -2.31. The molecule has 0 spiro atoms. The van der Waals surface area contributed by atoms with Crippen LogP contribution in [0.5, 0.6) is 63.2 Å². The first-order chi connectivity index (χ1) is 69.7. The second-order valence-corrected chi connectivity index (χ2v) is 43.3. The number of methoxy groups -OCH3 is 1. The van der Waals surface area contributed by atoms with E-state index in [2.05, 4.69) is 24.9 Å². The second-order valence-electron chi connectivity index (χ2n) is 38.2.